The summed E-state index contributed by atoms with van der Waals surface area (Å²) >= 11 is 0. The Morgan fingerprint density at radius 2 is 1.45 bits per heavy atom. The predicted molar refractivity (Wildman–Crippen MR) is 121 cm³/mol. The number of nitrogens with zero attached hydrogens (tertiary/aromatic N) is 2. The molecule has 3 aromatic carbocycles. The van der Waals surface area contributed by atoms with E-state index in [9.17, 15) is 24.5 Å². The lowest BCUT2D eigenvalue weighted by Gasteiger charge is -2.27. The van der Waals surface area contributed by atoms with Crippen LogP contribution in [0.25, 0.3) is 0 Å². The van der Waals surface area contributed by atoms with E-state index in [0.717, 1.165) is 10.5 Å². The minimum atomic E-state index is -1.12. The van der Waals surface area contributed by atoms with Crippen molar-refractivity contribution in [1.82, 2.24) is 10.2 Å². The van der Waals surface area contributed by atoms with Crippen LogP contribution in [0.3, 0.4) is 0 Å². The topological polar surface area (TPSA) is 110 Å². The molecule has 4 rings (SSSR count). The number of nitrogens with one attached hydrogen (secondary N) is 1. The van der Waals surface area contributed by atoms with Crippen LogP contribution in [0.1, 0.15) is 44.8 Å². The fourth-order valence-electron chi connectivity index (χ4n) is 3.90. The lowest BCUT2D eigenvalue weighted by atomic mass is 10.0. The van der Waals surface area contributed by atoms with E-state index in [2.05, 4.69) is 5.32 Å². The molecular weight excluding hydrogens is 422 g/mol. The lowest BCUT2D eigenvalue weighted by Crippen LogP contribution is -2.51. The quantitative estimate of drug-likeness (QED) is 0.340. The summed E-state index contributed by atoms with van der Waals surface area (Å²) in [5.74, 6) is -1.56. The summed E-state index contributed by atoms with van der Waals surface area (Å²) in [5.41, 5.74) is 1.88. The van der Waals surface area contributed by atoms with Gasteiger partial charge in [-0.2, -0.15) is 0 Å². The summed E-state index contributed by atoms with van der Waals surface area (Å²) in [6, 6.07) is 20.0. The van der Waals surface area contributed by atoms with Crippen LogP contribution in [-0.2, 0) is 11.2 Å². The first-order chi connectivity index (χ1) is 15.9. The van der Waals surface area contributed by atoms with E-state index in [1.54, 1.807) is 24.3 Å². The molecule has 33 heavy (non-hydrogen) atoms. The van der Waals surface area contributed by atoms with E-state index in [1.165, 1.54) is 24.3 Å². The fourth-order valence-corrected chi connectivity index (χ4v) is 3.90. The summed E-state index contributed by atoms with van der Waals surface area (Å²) in [5, 5.41) is 13.9. The standard InChI is InChI=1S/C25H21N3O5/c1-16(18-7-3-2-4-8-18)26-23(29)22(15-17-11-13-19(14-12-17)28(32)33)27-24(30)20-9-5-6-10-21(20)25(27)31/h2-14,16,22H,15H2,1H3,(H,26,29)/t16-,22+/m0/s1. The van der Waals surface area contributed by atoms with Crippen LogP contribution < -0.4 is 5.32 Å². The van der Waals surface area contributed by atoms with E-state index in [4.69, 9.17) is 0 Å². The number of benzene rings is 3. The molecule has 8 heteroatoms. The maximum atomic E-state index is 13.4. The van der Waals surface area contributed by atoms with E-state index < -0.39 is 28.7 Å². The molecule has 8 nitrogen and oxygen atoms in total. The van der Waals surface area contributed by atoms with E-state index in [1.807, 2.05) is 37.3 Å². The Bertz CT molecular complexity index is 1190. The van der Waals surface area contributed by atoms with Crippen LogP contribution >= 0.6 is 0 Å². The molecule has 1 N–H and O–H groups in total. The number of rotatable bonds is 7. The minimum Gasteiger partial charge on any atom is -0.348 e. The maximum absolute atomic E-state index is 13.4. The Hall–Kier alpha value is -4.33. The average Bonchev–Trinajstić information content (AvgIpc) is 3.08. The molecule has 0 saturated carbocycles. The summed E-state index contributed by atoms with van der Waals surface area (Å²) in [6.07, 6.45) is 0.0246. The maximum Gasteiger partial charge on any atom is 0.269 e. The number of hydrogen-bond donors (Lipinski definition) is 1. The van der Waals surface area contributed by atoms with Gasteiger partial charge in [-0.15, -0.1) is 0 Å². The second-order valence-corrected chi connectivity index (χ2v) is 7.81. The van der Waals surface area contributed by atoms with Crippen LogP contribution in [0.5, 0.6) is 0 Å². The van der Waals surface area contributed by atoms with Gasteiger partial charge in [0.15, 0.2) is 0 Å². The Morgan fingerprint density at radius 3 is 2.00 bits per heavy atom. The molecule has 0 bridgehead atoms. The molecule has 1 heterocycles. The summed E-state index contributed by atoms with van der Waals surface area (Å²) < 4.78 is 0. The highest BCUT2D eigenvalue weighted by Crippen LogP contribution is 2.27. The minimum absolute atomic E-state index is 0.0246. The first-order valence-electron chi connectivity index (χ1n) is 10.4. The number of non-ortho nitro benzene ring substituents is 1. The van der Waals surface area contributed by atoms with Gasteiger partial charge in [-0.1, -0.05) is 54.6 Å². The molecule has 166 valence electrons. The molecular formula is C25H21N3O5. The molecule has 0 unspecified atom stereocenters. The highest BCUT2D eigenvalue weighted by atomic mass is 16.6. The number of hydrogen-bond acceptors (Lipinski definition) is 5. The second kappa shape index (κ2) is 9.04. The van der Waals surface area contributed by atoms with Crippen molar-refractivity contribution in [3.63, 3.8) is 0 Å². The number of imide groups is 1. The average molecular weight is 443 g/mol. The molecule has 0 aliphatic carbocycles. The largest absolute Gasteiger partial charge is 0.348 e. The summed E-state index contributed by atoms with van der Waals surface area (Å²) in [4.78, 5) is 51.0. The smallest absolute Gasteiger partial charge is 0.269 e. The van der Waals surface area contributed by atoms with Crippen LogP contribution in [0, 0.1) is 10.1 Å². The highest BCUT2D eigenvalue weighted by Gasteiger charge is 2.42. The molecule has 0 radical (unpaired) electrons. The first-order valence-corrected chi connectivity index (χ1v) is 10.4. The normalized spacial score (nSPS) is 14.5. The molecule has 1 aliphatic heterocycles. The van der Waals surface area contributed by atoms with Crippen molar-refractivity contribution in [3.05, 3.63) is 111 Å². The zero-order valence-electron chi connectivity index (χ0n) is 17.8. The number of carbonyl (C=O) groups is 3. The number of amides is 3. The zero-order chi connectivity index (χ0) is 23.5. The van der Waals surface area contributed by atoms with Crippen molar-refractivity contribution in [3.8, 4) is 0 Å². The van der Waals surface area contributed by atoms with Crippen molar-refractivity contribution < 1.29 is 19.3 Å². The van der Waals surface area contributed by atoms with Gasteiger partial charge < -0.3 is 5.32 Å². The Balaban J connectivity index is 1.65. The molecule has 0 fully saturated rings. The number of nitro groups is 1. The van der Waals surface area contributed by atoms with Gasteiger partial charge in [0.1, 0.15) is 6.04 Å². The zero-order valence-corrected chi connectivity index (χ0v) is 17.8. The Kier molecular flexibility index (Phi) is 5.99. The van der Waals surface area contributed by atoms with E-state index in [-0.39, 0.29) is 29.3 Å². The van der Waals surface area contributed by atoms with Gasteiger partial charge in [-0.3, -0.25) is 29.4 Å². The van der Waals surface area contributed by atoms with E-state index >= 15 is 0 Å². The van der Waals surface area contributed by atoms with Gasteiger partial charge in [0.25, 0.3) is 17.5 Å². The number of nitro benzene ring substituents is 1. The molecule has 0 saturated heterocycles. The van der Waals surface area contributed by atoms with Gasteiger partial charge in [-0.25, -0.2) is 0 Å². The van der Waals surface area contributed by atoms with Gasteiger partial charge in [0, 0.05) is 18.6 Å². The monoisotopic (exact) mass is 443 g/mol. The van der Waals surface area contributed by atoms with Crippen LogP contribution in [0.4, 0.5) is 5.69 Å². The molecule has 0 spiro atoms. The van der Waals surface area contributed by atoms with Crippen molar-refractivity contribution >= 4 is 23.4 Å². The SMILES string of the molecule is C[C@H](NC(=O)[C@@H](Cc1ccc([N+](=O)[O-])cc1)N1C(=O)c2ccccc2C1=O)c1ccccc1. The third kappa shape index (κ3) is 4.36. The van der Waals surface area contributed by atoms with Crippen molar-refractivity contribution in [2.45, 2.75) is 25.4 Å². The van der Waals surface area contributed by atoms with Gasteiger partial charge in [0.2, 0.25) is 5.91 Å². The van der Waals surface area contributed by atoms with Crippen molar-refractivity contribution in [2.24, 2.45) is 0 Å². The summed E-state index contributed by atoms with van der Waals surface area (Å²) in [6.45, 7) is 1.82. The Labute approximate surface area is 190 Å². The van der Waals surface area contributed by atoms with Crippen molar-refractivity contribution in [1.29, 1.82) is 0 Å². The fraction of sp³-hybridized carbons (Fsp3) is 0.160. The van der Waals surface area contributed by atoms with Gasteiger partial charge >= 0.3 is 0 Å². The third-order valence-corrected chi connectivity index (χ3v) is 5.67. The molecule has 3 aromatic rings. The van der Waals surface area contributed by atoms with E-state index in [0.29, 0.717) is 5.56 Å². The number of carbonyl (C=O) groups excluding carboxylic acids is 3. The molecule has 2 atom stereocenters. The van der Waals surface area contributed by atoms with Gasteiger partial charge in [-0.05, 0) is 30.2 Å². The lowest BCUT2D eigenvalue weighted by molar-refractivity contribution is -0.384. The first kappa shape index (κ1) is 21.9. The second-order valence-electron chi connectivity index (χ2n) is 7.81. The summed E-state index contributed by atoms with van der Waals surface area (Å²) in [7, 11) is 0. The number of fused-ring (bicyclic) bond motifs is 1. The highest BCUT2D eigenvalue weighted by molar-refractivity contribution is 6.22. The molecule has 3 amide bonds. The predicted octanol–water partition coefficient (Wildman–Crippen LogP) is 3.68. The van der Waals surface area contributed by atoms with Crippen LogP contribution in [0.2, 0.25) is 0 Å². The van der Waals surface area contributed by atoms with Crippen molar-refractivity contribution in [2.75, 3.05) is 0 Å². The molecule has 1 aliphatic rings. The van der Waals surface area contributed by atoms with Crippen LogP contribution in [-0.4, -0.2) is 33.6 Å². The molecule has 0 aromatic heterocycles. The van der Waals surface area contributed by atoms with Crippen LogP contribution in [0.15, 0.2) is 78.9 Å². The Morgan fingerprint density at radius 1 is 0.909 bits per heavy atom. The van der Waals surface area contributed by atoms with Gasteiger partial charge in [0.05, 0.1) is 22.1 Å². The third-order valence-electron chi connectivity index (χ3n) is 5.67.